The highest BCUT2D eigenvalue weighted by Gasteiger charge is 2.06. The molecule has 2 aromatic rings. The van der Waals surface area contributed by atoms with Crippen molar-refractivity contribution in [2.75, 3.05) is 13.7 Å². The molecule has 0 aliphatic rings. The third-order valence-electron chi connectivity index (χ3n) is 3.03. The van der Waals surface area contributed by atoms with Gasteiger partial charge in [0.1, 0.15) is 12.4 Å². The number of nitrogens with one attached hydrogen (secondary N) is 1. The van der Waals surface area contributed by atoms with Gasteiger partial charge < -0.3 is 10.1 Å². The first-order valence-corrected chi connectivity index (χ1v) is 6.55. The highest BCUT2D eigenvalue weighted by atomic mass is 16.5. The van der Waals surface area contributed by atoms with Crippen LogP contribution in [0.15, 0.2) is 30.6 Å². The summed E-state index contributed by atoms with van der Waals surface area (Å²) >= 11 is 0. The lowest BCUT2D eigenvalue weighted by molar-refractivity contribution is 0.287. The zero-order chi connectivity index (χ0) is 13.7. The van der Waals surface area contributed by atoms with E-state index in [0.29, 0.717) is 6.61 Å². The Kier molecular flexibility index (Phi) is 4.58. The van der Waals surface area contributed by atoms with Gasteiger partial charge in [0.05, 0.1) is 6.54 Å². The summed E-state index contributed by atoms with van der Waals surface area (Å²) in [6.07, 6.45) is 3.72. The molecule has 1 aromatic carbocycles. The van der Waals surface area contributed by atoms with E-state index < -0.39 is 0 Å². The monoisotopic (exact) mass is 259 g/mol. The average molecular weight is 259 g/mol. The molecular formula is C15H21N3O. The Hall–Kier alpha value is -1.81. The van der Waals surface area contributed by atoms with E-state index in [1.165, 1.54) is 16.7 Å². The fourth-order valence-electron chi connectivity index (χ4n) is 2.25. The molecule has 19 heavy (non-hydrogen) atoms. The van der Waals surface area contributed by atoms with Crippen molar-refractivity contribution in [1.82, 2.24) is 15.1 Å². The molecule has 1 heterocycles. The first kappa shape index (κ1) is 13.6. The zero-order valence-electron chi connectivity index (χ0n) is 11.8. The third-order valence-corrected chi connectivity index (χ3v) is 3.03. The van der Waals surface area contributed by atoms with Crippen molar-refractivity contribution in [2.45, 2.75) is 26.9 Å². The lowest BCUT2D eigenvalue weighted by Gasteiger charge is -2.14. The minimum absolute atomic E-state index is 0.634. The Bertz CT molecular complexity index is 497. The summed E-state index contributed by atoms with van der Waals surface area (Å²) in [5.41, 5.74) is 3.66. The summed E-state index contributed by atoms with van der Waals surface area (Å²) < 4.78 is 7.77. The topological polar surface area (TPSA) is 39.1 Å². The van der Waals surface area contributed by atoms with Crippen molar-refractivity contribution >= 4 is 0 Å². The summed E-state index contributed by atoms with van der Waals surface area (Å²) in [6.45, 7) is 6.47. The maximum Gasteiger partial charge on any atom is 0.125 e. The van der Waals surface area contributed by atoms with Gasteiger partial charge >= 0.3 is 0 Å². The Morgan fingerprint density at radius 2 is 2.00 bits per heavy atom. The van der Waals surface area contributed by atoms with Gasteiger partial charge in [-0.2, -0.15) is 5.10 Å². The normalized spacial score (nSPS) is 10.7. The summed E-state index contributed by atoms with van der Waals surface area (Å²) in [7, 11) is 1.96. The average Bonchev–Trinajstić information content (AvgIpc) is 2.86. The van der Waals surface area contributed by atoms with Gasteiger partial charge in [0.25, 0.3) is 0 Å². The Morgan fingerprint density at radius 1 is 1.26 bits per heavy atom. The van der Waals surface area contributed by atoms with Crippen LogP contribution in [0.1, 0.15) is 16.7 Å². The predicted octanol–water partition coefficient (Wildman–Crippen LogP) is 2.30. The highest BCUT2D eigenvalue weighted by Crippen LogP contribution is 2.24. The SMILES string of the molecule is CNCc1cc(C)c(OCCn2cccn2)c(C)c1. The van der Waals surface area contributed by atoms with Crippen LogP contribution in [0.5, 0.6) is 5.75 Å². The van der Waals surface area contributed by atoms with Crippen LogP contribution in [0.25, 0.3) is 0 Å². The largest absolute Gasteiger partial charge is 0.491 e. The van der Waals surface area contributed by atoms with E-state index in [9.17, 15) is 0 Å². The number of aromatic nitrogens is 2. The van der Waals surface area contributed by atoms with Gasteiger partial charge in [-0.25, -0.2) is 0 Å². The molecule has 102 valence electrons. The number of aryl methyl sites for hydroxylation is 2. The van der Waals surface area contributed by atoms with E-state index in [2.05, 4.69) is 36.4 Å². The van der Waals surface area contributed by atoms with Gasteiger partial charge in [0, 0.05) is 18.9 Å². The molecule has 0 bridgehead atoms. The van der Waals surface area contributed by atoms with E-state index in [4.69, 9.17) is 4.74 Å². The number of rotatable bonds is 6. The molecule has 4 heteroatoms. The van der Waals surface area contributed by atoms with Gasteiger partial charge in [0.2, 0.25) is 0 Å². The van der Waals surface area contributed by atoms with Crippen molar-refractivity contribution in [3.05, 3.63) is 47.3 Å². The highest BCUT2D eigenvalue weighted by molar-refractivity contribution is 5.43. The summed E-state index contributed by atoms with van der Waals surface area (Å²) in [4.78, 5) is 0. The molecule has 2 rings (SSSR count). The van der Waals surface area contributed by atoms with Crippen LogP contribution in [0.2, 0.25) is 0 Å². The standard InChI is InChI=1S/C15H21N3O/c1-12-9-14(11-16-3)10-13(2)15(12)19-8-7-18-6-4-5-17-18/h4-6,9-10,16H,7-8,11H2,1-3H3. The van der Waals surface area contributed by atoms with E-state index >= 15 is 0 Å². The number of hydrogen-bond donors (Lipinski definition) is 1. The summed E-state index contributed by atoms with van der Waals surface area (Å²) in [5.74, 6) is 0.993. The molecule has 0 aliphatic heterocycles. The van der Waals surface area contributed by atoms with E-state index in [-0.39, 0.29) is 0 Å². The van der Waals surface area contributed by atoms with Crippen molar-refractivity contribution in [1.29, 1.82) is 0 Å². The number of benzene rings is 1. The van der Waals surface area contributed by atoms with Crippen LogP contribution >= 0.6 is 0 Å². The molecule has 0 unspecified atom stereocenters. The fourth-order valence-corrected chi connectivity index (χ4v) is 2.25. The first-order valence-electron chi connectivity index (χ1n) is 6.55. The van der Waals surface area contributed by atoms with Gasteiger partial charge in [-0.3, -0.25) is 4.68 Å². The van der Waals surface area contributed by atoms with Gasteiger partial charge in [-0.05, 0) is 43.7 Å². The second kappa shape index (κ2) is 6.38. The molecule has 0 fully saturated rings. The lowest BCUT2D eigenvalue weighted by Crippen LogP contribution is -2.10. The quantitative estimate of drug-likeness (QED) is 0.865. The Morgan fingerprint density at radius 3 is 2.58 bits per heavy atom. The van der Waals surface area contributed by atoms with Crippen LogP contribution in [0.4, 0.5) is 0 Å². The molecule has 0 spiro atoms. The molecule has 0 radical (unpaired) electrons. The first-order chi connectivity index (χ1) is 9.20. The molecular weight excluding hydrogens is 238 g/mol. The van der Waals surface area contributed by atoms with E-state index in [1.54, 1.807) is 6.20 Å². The smallest absolute Gasteiger partial charge is 0.125 e. The molecule has 0 saturated heterocycles. The summed E-state index contributed by atoms with van der Waals surface area (Å²) in [5, 5.41) is 7.33. The predicted molar refractivity (Wildman–Crippen MR) is 76.4 cm³/mol. The van der Waals surface area contributed by atoms with E-state index in [1.807, 2.05) is 24.0 Å². The molecule has 1 aromatic heterocycles. The Labute approximate surface area is 114 Å². The van der Waals surface area contributed by atoms with Crippen LogP contribution in [-0.2, 0) is 13.1 Å². The van der Waals surface area contributed by atoms with Gasteiger partial charge in [0.15, 0.2) is 0 Å². The molecule has 0 atom stereocenters. The van der Waals surface area contributed by atoms with Crippen molar-refractivity contribution in [3.8, 4) is 5.75 Å². The maximum atomic E-state index is 5.89. The number of hydrogen-bond acceptors (Lipinski definition) is 3. The van der Waals surface area contributed by atoms with Crippen molar-refractivity contribution < 1.29 is 4.74 Å². The van der Waals surface area contributed by atoms with Crippen LogP contribution in [-0.4, -0.2) is 23.4 Å². The number of nitrogens with zero attached hydrogens (tertiary/aromatic N) is 2. The molecule has 0 aliphatic carbocycles. The summed E-state index contributed by atoms with van der Waals surface area (Å²) in [6, 6.07) is 6.27. The van der Waals surface area contributed by atoms with Gasteiger partial charge in [-0.15, -0.1) is 0 Å². The second-order valence-electron chi connectivity index (χ2n) is 4.71. The van der Waals surface area contributed by atoms with Crippen LogP contribution in [0.3, 0.4) is 0 Å². The fraction of sp³-hybridized carbons (Fsp3) is 0.400. The lowest BCUT2D eigenvalue weighted by atomic mass is 10.1. The Balaban J connectivity index is 1.99. The molecule has 4 nitrogen and oxygen atoms in total. The van der Waals surface area contributed by atoms with Crippen molar-refractivity contribution in [3.63, 3.8) is 0 Å². The van der Waals surface area contributed by atoms with Crippen molar-refractivity contribution in [2.24, 2.45) is 0 Å². The van der Waals surface area contributed by atoms with Gasteiger partial charge in [-0.1, -0.05) is 12.1 Å². The number of ether oxygens (including phenoxy) is 1. The molecule has 0 saturated carbocycles. The minimum atomic E-state index is 0.634. The molecule has 0 amide bonds. The minimum Gasteiger partial charge on any atom is -0.491 e. The molecule has 1 N–H and O–H groups in total. The second-order valence-corrected chi connectivity index (χ2v) is 4.71. The zero-order valence-corrected chi connectivity index (χ0v) is 11.8. The third kappa shape index (κ3) is 3.58. The van der Waals surface area contributed by atoms with Crippen LogP contribution in [0, 0.1) is 13.8 Å². The van der Waals surface area contributed by atoms with Crippen LogP contribution < -0.4 is 10.1 Å². The maximum absolute atomic E-state index is 5.89. The van der Waals surface area contributed by atoms with E-state index in [0.717, 1.165) is 18.8 Å².